The zero-order chi connectivity index (χ0) is 13.9. The molecular formula is C13H24N2O3. The van der Waals surface area contributed by atoms with E-state index in [4.69, 9.17) is 4.74 Å². The summed E-state index contributed by atoms with van der Waals surface area (Å²) in [5.41, 5.74) is -0.270. The van der Waals surface area contributed by atoms with Gasteiger partial charge in [0.05, 0.1) is 13.2 Å². The van der Waals surface area contributed by atoms with Crippen LogP contribution in [0.1, 0.15) is 40.5 Å². The largest absolute Gasteiger partial charge is 0.468 e. The fraction of sp³-hybridized carbons (Fsp3) is 0.846. The predicted molar refractivity (Wildman–Crippen MR) is 69.0 cm³/mol. The number of hydrogen-bond acceptors (Lipinski definition) is 4. The normalized spacial score (nSPS) is 18.9. The van der Waals surface area contributed by atoms with Crippen molar-refractivity contribution in [3.05, 3.63) is 0 Å². The van der Waals surface area contributed by atoms with Crippen LogP contribution in [0.4, 0.5) is 0 Å². The number of methoxy groups -OCH3 is 1. The first-order valence-corrected chi connectivity index (χ1v) is 6.40. The van der Waals surface area contributed by atoms with Gasteiger partial charge in [-0.3, -0.25) is 14.9 Å². The lowest BCUT2D eigenvalue weighted by Gasteiger charge is -2.26. The highest BCUT2D eigenvalue weighted by Gasteiger charge is 2.38. The lowest BCUT2D eigenvalue weighted by atomic mass is 10.1. The van der Waals surface area contributed by atoms with Gasteiger partial charge in [-0.25, -0.2) is 0 Å². The number of amides is 1. The summed E-state index contributed by atoms with van der Waals surface area (Å²) in [5, 5.41) is 5.95. The van der Waals surface area contributed by atoms with E-state index in [0.29, 0.717) is 5.92 Å². The van der Waals surface area contributed by atoms with E-state index in [0.717, 1.165) is 12.8 Å². The molecule has 104 valence electrons. The molecule has 0 radical (unpaired) electrons. The van der Waals surface area contributed by atoms with Crippen LogP contribution in [0.15, 0.2) is 0 Å². The van der Waals surface area contributed by atoms with Gasteiger partial charge in [0.15, 0.2) is 0 Å². The first-order valence-electron chi connectivity index (χ1n) is 6.40. The number of nitrogens with one attached hydrogen (secondary N) is 2. The van der Waals surface area contributed by atoms with Gasteiger partial charge in [0.25, 0.3) is 0 Å². The lowest BCUT2D eigenvalue weighted by molar-refractivity contribution is -0.144. The van der Waals surface area contributed by atoms with Crippen molar-refractivity contribution >= 4 is 11.9 Å². The zero-order valence-corrected chi connectivity index (χ0v) is 11.9. The smallest absolute Gasteiger partial charge is 0.323 e. The van der Waals surface area contributed by atoms with Crippen LogP contribution in [-0.4, -0.2) is 36.6 Å². The van der Waals surface area contributed by atoms with Crippen molar-refractivity contribution in [2.45, 2.75) is 58.2 Å². The zero-order valence-electron chi connectivity index (χ0n) is 11.9. The highest BCUT2D eigenvalue weighted by Crippen LogP contribution is 2.33. The van der Waals surface area contributed by atoms with Gasteiger partial charge in [0.1, 0.15) is 6.04 Å². The molecule has 0 heterocycles. The van der Waals surface area contributed by atoms with Gasteiger partial charge in [-0.2, -0.15) is 0 Å². The van der Waals surface area contributed by atoms with Crippen LogP contribution >= 0.6 is 0 Å². The van der Waals surface area contributed by atoms with E-state index in [1.165, 1.54) is 7.11 Å². The van der Waals surface area contributed by atoms with E-state index in [2.05, 4.69) is 10.6 Å². The van der Waals surface area contributed by atoms with Crippen molar-refractivity contribution in [1.29, 1.82) is 0 Å². The minimum absolute atomic E-state index is 0.1000. The van der Waals surface area contributed by atoms with E-state index >= 15 is 0 Å². The van der Waals surface area contributed by atoms with Crippen LogP contribution in [0.5, 0.6) is 0 Å². The molecule has 2 N–H and O–H groups in total. The molecule has 0 aromatic heterocycles. The topological polar surface area (TPSA) is 67.4 Å². The van der Waals surface area contributed by atoms with E-state index in [-0.39, 0.29) is 23.5 Å². The summed E-state index contributed by atoms with van der Waals surface area (Å²) in [4.78, 5) is 23.5. The Morgan fingerprint density at radius 3 is 2.22 bits per heavy atom. The molecular weight excluding hydrogens is 232 g/mol. The molecule has 1 aliphatic rings. The third kappa shape index (κ3) is 4.64. The number of ether oxygens (including phenoxy) is 1. The molecule has 0 aromatic carbocycles. The van der Waals surface area contributed by atoms with Gasteiger partial charge >= 0.3 is 5.97 Å². The van der Waals surface area contributed by atoms with Gasteiger partial charge in [-0.05, 0) is 46.5 Å². The lowest BCUT2D eigenvalue weighted by Crippen LogP contribution is -2.54. The average molecular weight is 256 g/mol. The number of rotatable bonds is 5. The Morgan fingerprint density at radius 1 is 1.28 bits per heavy atom. The quantitative estimate of drug-likeness (QED) is 0.715. The highest BCUT2D eigenvalue weighted by molar-refractivity contribution is 5.83. The van der Waals surface area contributed by atoms with Crippen LogP contribution in [-0.2, 0) is 14.3 Å². The Hall–Kier alpha value is -1.10. The van der Waals surface area contributed by atoms with Crippen LogP contribution < -0.4 is 10.6 Å². The van der Waals surface area contributed by atoms with Gasteiger partial charge < -0.3 is 10.1 Å². The maximum Gasteiger partial charge on any atom is 0.323 e. The molecule has 1 rings (SSSR count). The molecule has 2 unspecified atom stereocenters. The van der Waals surface area contributed by atoms with Crippen molar-refractivity contribution in [3.8, 4) is 0 Å². The van der Waals surface area contributed by atoms with Crippen molar-refractivity contribution in [1.82, 2.24) is 10.6 Å². The summed E-state index contributed by atoms with van der Waals surface area (Å²) in [6.07, 6.45) is 2.03. The summed E-state index contributed by atoms with van der Waals surface area (Å²) in [7, 11) is 1.37. The molecule has 1 fully saturated rings. The van der Waals surface area contributed by atoms with Crippen LogP contribution in [0.25, 0.3) is 0 Å². The van der Waals surface area contributed by atoms with Crippen LogP contribution in [0.3, 0.4) is 0 Å². The Balaban J connectivity index is 2.53. The summed E-state index contributed by atoms with van der Waals surface area (Å²) in [5.74, 6) is -0.0766. The second-order valence-corrected chi connectivity index (χ2v) is 5.97. The number of carbonyl (C=O) groups excluding carboxylic acids is 2. The summed E-state index contributed by atoms with van der Waals surface area (Å²) < 4.78 is 4.76. The summed E-state index contributed by atoms with van der Waals surface area (Å²) >= 11 is 0. The van der Waals surface area contributed by atoms with Crippen LogP contribution in [0.2, 0.25) is 0 Å². The molecule has 0 spiro atoms. The average Bonchev–Trinajstić information content (AvgIpc) is 3.05. The third-order valence-corrected chi connectivity index (χ3v) is 2.87. The molecule has 0 aliphatic heterocycles. The van der Waals surface area contributed by atoms with Gasteiger partial charge in [-0.15, -0.1) is 0 Å². The molecule has 0 bridgehead atoms. The molecule has 0 aromatic rings. The minimum Gasteiger partial charge on any atom is -0.468 e. The first-order chi connectivity index (χ1) is 8.24. The maximum absolute atomic E-state index is 11.9. The fourth-order valence-electron chi connectivity index (χ4n) is 1.78. The third-order valence-electron chi connectivity index (χ3n) is 2.87. The van der Waals surface area contributed by atoms with E-state index < -0.39 is 6.04 Å². The second-order valence-electron chi connectivity index (χ2n) is 5.97. The number of esters is 1. The number of hydrogen-bond donors (Lipinski definition) is 2. The predicted octanol–water partition coefficient (Wildman–Crippen LogP) is 0.831. The molecule has 0 saturated heterocycles. The Kier molecular flexibility index (Phi) is 4.73. The minimum atomic E-state index is -0.408. The molecule has 1 aliphatic carbocycles. The van der Waals surface area contributed by atoms with Crippen molar-refractivity contribution in [2.75, 3.05) is 7.11 Å². The molecule has 18 heavy (non-hydrogen) atoms. The highest BCUT2D eigenvalue weighted by atomic mass is 16.5. The molecule has 1 amide bonds. The molecule has 5 nitrogen and oxygen atoms in total. The monoisotopic (exact) mass is 256 g/mol. The van der Waals surface area contributed by atoms with E-state index in [1.807, 2.05) is 20.8 Å². The Bertz CT molecular complexity index is 319. The standard InChI is InChI=1S/C13H24N2O3/c1-8(11(16)15-13(2,3)4)14-10(9-6-7-9)12(17)18-5/h8-10,14H,6-7H2,1-5H3,(H,15,16). The second kappa shape index (κ2) is 5.69. The number of carbonyl (C=O) groups is 2. The molecule has 1 saturated carbocycles. The first kappa shape index (κ1) is 15.0. The van der Waals surface area contributed by atoms with Crippen LogP contribution in [0, 0.1) is 5.92 Å². The SMILES string of the molecule is COC(=O)C(NC(C)C(=O)NC(C)(C)C)C1CC1. The van der Waals surface area contributed by atoms with E-state index in [1.54, 1.807) is 6.92 Å². The van der Waals surface area contributed by atoms with E-state index in [9.17, 15) is 9.59 Å². The van der Waals surface area contributed by atoms with Crippen molar-refractivity contribution in [3.63, 3.8) is 0 Å². The van der Waals surface area contributed by atoms with Crippen molar-refractivity contribution < 1.29 is 14.3 Å². The molecule has 2 atom stereocenters. The summed E-state index contributed by atoms with van der Waals surface area (Å²) in [6.45, 7) is 7.54. The van der Waals surface area contributed by atoms with Gasteiger partial charge in [0, 0.05) is 5.54 Å². The maximum atomic E-state index is 11.9. The molecule has 5 heteroatoms. The van der Waals surface area contributed by atoms with Gasteiger partial charge in [-0.1, -0.05) is 0 Å². The Labute approximate surface area is 109 Å². The van der Waals surface area contributed by atoms with Gasteiger partial charge in [0.2, 0.25) is 5.91 Å². The Morgan fingerprint density at radius 2 is 1.83 bits per heavy atom. The summed E-state index contributed by atoms with van der Waals surface area (Å²) in [6, 6.07) is -0.773. The fourth-order valence-corrected chi connectivity index (χ4v) is 1.78. The van der Waals surface area contributed by atoms with Crippen molar-refractivity contribution in [2.24, 2.45) is 5.92 Å².